The zero-order valence-corrected chi connectivity index (χ0v) is 23.9. The number of Topliss-reactive ketones (excluding diaryl/α,β-unsaturated/α-hetero) is 1. The van der Waals surface area contributed by atoms with Crippen LogP contribution in [0.3, 0.4) is 0 Å². The third kappa shape index (κ3) is 8.15. The Kier molecular flexibility index (Phi) is 11.2. The first-order valence-corrected chi connectivity index (χ1v) is 14.4. The lowest BCUT2D eigenvalue weighted by molar-refractivity contribution is -0.145. The molecule has 3 fully saturated rings. The van der Waals surface area contributed by atoms with E-state index in [1.807, 2.05) is 6.92 Å². The summed E-state index contributed by atoms with van der Waals surface area (Å²) in [5.74, 6) is -3.99. The fraction of sp³-hybridized carbons (Fsp3) is 0.731. The van der Waals surface area contributed by atoms with Crippen molar-refractivity contribution in [3.8, 4) is 0 Å². The number of guanidine groups is 1. The van der Waals surface area contributed by atoms with Crippen molar-refractivity contribution >= 4 is 41.3 Å². The molecule has 11 N–H and O–H groups in total. The van der Waals surface area contributed by atoms with Gasteiger partial charge in [-0.2, -0.15) is 0 Å². The molecule has 0 bridgehead atoms. The van der Waals surface area contributed by atoms with E-state index in [4.69, 9.17) is 22.0 Å². The second-order valence-electron chi connectivity index (χ2n) is 11.2. The summed E-state index contributed by atoms with van der Waals surface area (Å²) in [5.41, 5.74) is 9.64. The van der Waals surface area contributed by atoms with Gasteiger partial charge in [-0.05, 0) is 38.5 Å². The van der Waals surface area contributed by atoms with Crippen molar-refractivity contribution in [2.45, 2.75) is 100 Å². The lowest BCUT2D eigenvalue weighted by Gasteiger charge is -2.44. The second-order valence-corrected chi connectivity index (χ2v) is 11.2. The van der Waals surface area contributed by atoms with Gasteiger partial charge in [0.25, 0.3) is 0 Å². The number of carboxylic acid groups (broad SMARTS) is 1. The van der Waals surface area contributed by atoms with Gasteiger partial charge in [-0.15, -0.1) is 0 Å². The maximum atomic E-state index is 13.9. The molecule has 3 aliphatic rings. The van der Waals surface area contributed by atoms with Gasteiger partial charge in [0.15, 0.2) is 11.7 Å². The average molecular weight is 594 g/mol. The molecule has 5 atom stereocenters. The molecular formula is C26H43N9O7. The van der Waals surface area contributed by atoms with Crippen molar-refractivity contribution in [3.63, 3.8) is 0 Å². The van der Waals surface area contributed by atoms with Crippen LogP contribution in [0.4, 0.5) is 0 Å². The highest BCUT2D eigenvalue weighted by Gasteiger charge is 2.60. The van der Waals surface area contributed by atoms with E-state index in [0.717, 1.165) is 12.8 Å². The normalized spacial score (nSPS) is 25.8. The molecule has 42 heavy (non-hydrogen) atoms. The van der Waals surface area contributed by atoms with E-state index in [1.54, 1.807) is 4.90 Å². The summed E-state index contributed by atoms with van der Waals surface area (Å²) in [6.07, 6.45) is 3.45. The van der Waals surface area contributed by atoms with Crippen LogP contribution in [0.2, 0.25) is 0 Å². The molecule has 0 spiro atoms. The lowest BCUT2D eigenvalue weighted by atomic mass is 9.92. The zero-order chi connectivity index (χ0) is 31.0. The quantitative estimate of drug-likeness (QED) is 0.0495. The Hall–Kier alpha value is -3.79. The number of piperazine rings is 2. The summed E-state index contributed by atoms with van der Waals surface area (Å²) in [6, 6.07) is -4.35. The Balaban J connectivity index is 1.78. The van der Waals surface area contributed by atoms with E-state index in [0.29, 0.717) is 38.6 Å². The number of aliphatic carboxylic acids is 1. The van der Waals surface area contributed by atoms with Gasteiger partial charge >= 0.3 is 5.97 Å². The first-order chi connectivity index (χ1) is 19.9. The molecule has 0 aromatic rings. The third-order valence-electron chi connectivity index (χ3n) is 8.06. The Labute approximate surface area is 243 Å². The van der Waals surface area contributed by atoms with E-state index >= 15 is 0 Å². The molecule has 16 nitrogen and oxygen atoms in total. The van der Waals surface area contributed by atoms with Gasteiger partial charge in [0, 0.05) is 26.1 Å². The predicted molar refractivity (Wildman–Crippen MR) is 150 cm³/mol. The van der Waals surface area contributed by atoms with E-state index in [2.05, 4.69) is 26.6 Å². The van der Waals surface area contributed by atoms with Crippen LogP contribution in [0.5, 0.6) is 0 Å². The number of amides is 4. The van der Waals surface area contributed by atoms with Gasteiger partial charge in [-0.3, -0.25) is 39.1 Å². The maximum Gasteiger partial charge on any atom is 0.303 e. The molecule has 0 unspecified atom stereocenters. The molecule has 1 aliphatic carbocycles. The van der Waals surface area contributed by atoms with Crippen LogP contribution in [0.25, 0.3) is 0 Å². The van der Waals surface area contributed by atoms with Gasteiger partial charge in [0.05, 0.1) is 17.6 Å². The average Bonchev–Trinajstić information content (AvgIpc) is 3.74. The number of rotatable bonds is 16. The highest BCUT2D eigenvalue weighted by atomic mass is 16.4. The highest BCUT2D eigenvalue weighted by Crippen LogP contribution is 2.46. The standard InChI is InChI=1S/C26H43N9O7/c1-2-3-5-15-22(40)33-16(12-31-15)20(38)26(9-10-26)35-13-17(23(41)32-14(21(27)39)7-8-19(36)37)34-24(42)18(35)6-4-11-30-25(28)29/h14-18,31H,2-13H2,1H3,(H2,27,39)(H,32,41)(H,33,40)(H,34,42)(H,36,37)(H4,28,29,30)/t14-,15-,16+,17+,18-/m0/s1. The molecule has 2 aliphatic heterocycles. The monoisotopic (exact) mass is 593 g/mol. The van der Waals surface area contributed by atoms with Crippen molar-refractivity contribution in [1.82, 2.24) is 31.5 Å². The summed E-state index contributed by atoms with van der Waals surface area (Å²) in [7, 11) is 0. The number of hydrogen-bond acceptors (Lipinski definition) is 9. The molecule has 0 aromatic carbocycles. The van der Waals surface area contributed by atoms with Gasteiger partial charge in [0.2, 0.25) is 23.6 Å². The van der Waals surface area contributed by atoms with Crippen LogP contribution in [0.1, 0.15) is 64.7 Å². The molecule has 2 heterocycles. The van der Waals surface area contributed by atoms with E-state index in [1.165, 1.54) is 0 Å². The van der Waals surface area contributed by atoms with Crippen molar-refractivity contribution < 1.29 is 33.9 Å². The van der Waals surface area contributed by atoms with Crippen molar-refractivity contribution in [1.29, 1.82) is 5.41 Å². The van der Waals surface area contributed by atoms with Gasteiger partial charge in [-0.1, -0.05) is 19.8 Å². The number of nitrogens with two attached hydrogens (primary N) is 2. The SMILES string of the molecule is CCCC[C@@H]1NC[C@H](C(=O)C2(N3C[C@H](C(=O)N[C@@H](CCC(=O)O)C(N)=O)NC(=O)[C@@H]3CCCNC(=N)N)CC2)NC1=O. The van der Waals surface area contributed by atoms with E-state index in [-0.39, 0.29) is 43.2 Å². The van der Waals surface area contributed by atoms with Gasteiger partial charge in [-0.25, -0.2) is 0 Å². The van der Waals surface area contributed by atoms with E-state index < -0.39 is 59.8 Å². The topological polar surface area (TPSA) is 262 Å². The molecule has 4 amide bonds. The van der Waals surface area contributed by atoms with Crippen molar-refractivity contribution in [2.75, 3.05) is 19.6 Å². The number of ketones is 1. The highest BCUT2D eigenvalue weighted by molar-refractivity contribution is 6.01. The van der Waals surface area contributed by atoms with Crippen LogP contribution < -0.4 is 38.1 Å². The minimum Gasteiger partial charge on any atom is -0.481 e. The number of unbranched alkanes of at least 4 members (excludes halogenated alkanes) is 1. The number of nitrogens with zero attached hydrogens (tertiary/aromatic N) is 1. The molecule has 2 saturated heterocycles. The molecule has 1 saturated carbocycles. The number of carbonyl (C=O) groups excluding carboxylic acids is 5. The first-order valence-electron chi connectivity index (χ1n) is 14.4. The largest absolute Gasteiger partial charge is 0.481 e. The smallest absolute Gasteiger partial charge is 0.303 e. The fourth-order valence-corrected chi connectivity index (χ4v) is 5.63. The second kappa shape index (κ2) is 14.4. The number of carbonyl (C=O) groups is 6. The van der Waals surface area contributed by atoms with Crippen LogP contribution in [-0.4, -0.2) is 107 Å². The molecule has 16 heteroatoms. The van der Waals surface area contributed by atoms with Crippen molar-refractivity contribution in [2.24, 2.45) is 11.5 Å². The summed E-state index contributed by atoms with van der Waals surface area (Å²) in [5, 5.41) is 30.1. The van der Waals surface area contributed by atoms with Crippen LogP contribution >= 0.6 is 0 Å². The summed E-state index contributed by atoms with van der Waals surface area (Å²) in [6.45, 7) is 2.56. The minimum absolute atomic E-state index is 0.0499. The number of hydrogen-bond donors (Lipinski definition) is 9. The molecular weight excluding hydrogens is 550 g/mol. The van der Waals surface area contributed by atoms with Crippen molar-refractivity contribution in [3.05, 3.63) is 0 Å². The Morgan fingerprint density at radius 3 is 2.36 bits per heavy atom. The van der Waals surface area contributed by atoms with Gasteiger partial charge < -0.3 is 43.2 Å². The maximum absolute atomic E-state index is 13.9. The minimum atomic E-state index is -1.25. The zero-order valence-electron chi connectivity index (χ0n) is 23.9. The van der Waals surface area contributed by atoms with Crippen LogP contribution in [-0.2, 0) is 28.8 Å². The lowest BCUT2D eigenvalue weighted by Crippen LogP contribution is -2.70. The number of primary amides is 1. The summed E-state index contributed by atoms with van der Waals surface area (Å²) < 4.78 is 0. The molecule has 3 rings (SSSR count). The predicted octanol–water partition coefficient (Wildman–Crippen LogP) is -3.00. The van der Waals surface area contributed by atoms with Crippen LogP contribution in [0, 0.1) is 5.41 Å². The first kappa shape index (κ1) is 32.7. The molecule has 0 radical (unpaired) electrons. The Morgan fingerprint density at radius 2 is 1.79 bits per heavy atom. The third-order valence-corrected chi connectivity index (χ3v) is 8.06. The van der Waals surface area contributed by atoms with Gasteiger partial charge in [0.1, 0.15) is 18.1 Å². The summed E-state index contributed by atoms with van der Waals surface area (Å²) in [4.78, 5) is 77.7. The Morgan fingerprint density at radius 1 is 1.10 bits per heavy atom. The van der Waals surface area contributed by atoms with E-state index in [9.17, 15) is 28.8 Å². The number of nitrogens with one attached hydrogen (secondary N) is 6. The summed E-state index contributed by atoms with van der Waals surface area (Å²) >= 11 is 0. The van der Waals surface area contributed by atoms with Crippen LogP contribution in [0.15, 0.2) is 0 Å². The molecule has 234 valence electrons. The molecule has 0 aromatic heterocycles. The Bertz CT molecular complexity index is 1080. The fourth-order valence-electron chi connectivity index (χ4n) is 5.63. The number of carboxylic acids is 1.